The minimum Gasteiger partial charge on any atom is -0.444 e. The van der Waals surface area contributed by atoms with Crippen LogP contribution in [-0.2, 0) is 27.4 Å². The van der Waals surface area contributed by atoms with Gasteiger partial charge < -0.3 is 20.1 Å². The Kier molecular flexibility index (Phi) is 17.7. The molecule has 0 radical (unpaired) electrons. The van der Waals surface area contributed by atoms with Crippen LogP contribution < -0.4 is 10.6 Å². The van der Waals surface area contributed by atoms with E-state index < -0.39 is 23.6 Å². The van der Waals surface area contributed by atoms with Gasteiger partial charge in [0, 0.05) is 39.5 Å². The van der Waals surface area contributed by atoms with Gasteiger partial charge in [-0.1, -0.05) is 60.4 Å². The SMILES string of the molecule is CC.CCCOCn1nc(C)c(-c2ccc(NC(=O)C(Cc3cc(Br)ccc3Cl)NC(=O)OC(C)(C)C)cc2)c1C.CSC. The number of aryl methyl sites for hydroxylation is 1. The summed E-state index contributed by atoms with van der Waals surface area (Å²) in [4.78, 5) is 25.9. The normalized spacial score (nSPS) is 11.4. The first-order valence-electron chi connectivity index (χ1n) is 14.7. The van der Waals surface area contributed by atoms with Crippen LogP contribution in [0.5, 0.6) is 0 Å². The summed E-state index contributed by atoms with van der Waals surface area (Å²) in [6, 6.07) is 12.0. The Labute approximate surface area is 281 Å². The Hall–Kier alpha value is -2.53. The van der Waals surface area contributed by atoms with E-state index in [1.165, 1.54) is 0 Å². The van der Waals surface area contributed by atoms with Gasteiger partial charge in [0.1, 0.15) is 18.4 Å². The molecule has 2 amide bonds. The number of carbonyl (C=O) groups is 2. The van der Waals surface area contributed by atoms with Crippen molar-refractivity contribution in [1.29, 1.82) is 0 Å². The lowest BCUT2D eigenvalue weighted by atomic mass is 10.0. The zero-order valence-corrected chi connectivity index (χ0v) is 30.8. The van der Waals surface area contributed by atoms with Crippen LogP contribution in [0.3, 0.4) is 0 Å². The maximum Gasteiger partial charge on any atom is 0.408 e. The summed E-state index contributed by atoms with van der Waals surface area (Å²) in [5.74, 6) is -0.391. The van der Waals surface area contributed by atoms with Crippen LogP contribution in [-0.4, -0.2) is 52.5 Å². The Morgan fingerprint density at radius 3 is 2.27 bits per heavy atom. The summed E-state index contributed by atoms with van der Waals surface area (Å²) in [7, 11) is 0. The van der Waals surface area contributed by atoms with Crippen molar-refractivity contribution in [2.45, 2.75) is 86.6 Å². The van der Waals surface area contributed by atoms with Gasteiger partial charge in [-0.25, -0.2) is 9.48 Å². The largest absolute Gasteiger partial charge is 0.444 e. The fourth-order valence-electron chi connectivity index (χ4n) is 4.06. The highest BCUT2D eigenvalue weighted by atomic mass is 79.9. The van der Waals surface area contributed by atoms with E-state index in [-0.39, 0.29) is 6.42 Å². The lowest BCUT2D eigenvalue weighted by molar-refractivity contribution is -0.118. The lowest BCUT2D eigenvalue weighted by Gasteiger charge is -2.23. The molecule has 1 atom stereocenters. The lowest BCUT2D eigenvalue weighted by Crippen LogP contribution is -2.47. The molecule has 0 saturated carbocycles. The number of halogens is 2. The second-order valence-electron chi connectivity index (χ2n) is 10.7. The maximum absolute atomic E-state index is 13.3. The second kappa shape index (κ2) is 19.8. The molecule has 1 aromatic heterocycles. The molecule has 1 unspecified atom stereocenters. The number of anilines is 1. The van der Waals surface area contributed by atoms with Crippen molar-refractivity contribution in [3.63, 3.8) is 0 Å². The van der Waals surface area contributed by atoms with Gasteiger partial charge in [0.2, 0.25) is 5.91 Å². The van der Waals surface area contributed by atoms with Crippen molar-refractivity contribution in [3.05, 3.63) is 68.9 Å². The number of aromatic nitrogens is 2. The number of benzene rings is 2. The molecular formula is C33H48BrClN4O4S. The van der Waals surface area contributed by atoms with Gasteiger partial charge in [-0.05, 0) is 95.0 Å². The van der Waals surface area contributed by atoms with E-state index >= 15 is 0 Å². The number of amides is 2. The molecule has 8 nitrogen and oxygen atoms in total. The number of hydrogen-bond donors (Lipinski definition) is 2. The van der Waals surface area contributed by atoms with Gasteiger partial charge in [-0.15, -0.1) is 0 Å². The van der Waals surface area contributed by atoms with E-state index in [0.717, 1.165) is 33.4 Å². The minimum atomic E-state index is -0.919. The quantitative estimate of drug-likeness (QED) is 0.204. The van der Waals surface area contributed by atoms with Gasteiger partial charge in [0.25, 0.3) is 0 Å². The van der Waals surface area contributed by atoms with Crippen LogP contribution in [0.2, 0.25) is 5.02 Å². The second-order valence-corrected chi connectivity index (χ2v) is 12.8. The smallest absolute Gasteiger partial charge is 0.408 e. The van der Waals surface area contributed by atoms with Gasteiger partial charge in [-0.2, -0.15) is 16.9 Å². The van der Waals surface area contributed by atoms with Gasteiger partial charge >= 0.3 is 6.09 Å². The fourth-order valence-corrected chi connectivity index (χ4v) is 4.67. The molecule has 0 bridgehead atoms. The highest BCUT2D eigenvalue weighted by Crippen LogP contribution is 2.28. The van der Waals surface area contributed by atoms with Crippen molar-refractivity contribution in [2.24, 2.45) is 0 Å². The summed E-state index contributed by atoms with van der Waals surface area (Å²) in [5, 5.41) is 10.7. The van der Waals surface area contributed by atoms with Crippen molar-refractivity contribution in [3.8, 4) is 11.1 Å². The first-order valence-corrected chi connectivity index (χ1v) is 17.5. The fraction of sp³-hybridized carbons (Fsp3) is 0.485. The average molecular weight is 712 g/mol. The van der Waals surface area contributed by atoms with E-state index in [0.29, 0.717) is 29.6 Å². The molecule has 44 heavy (non-hydrogen) atoms. The molecule has 0 saturated heterocycles. The average Bonchev–Trinajstić information content (AvgIpc) is 3.23. The minimum absolute atomic E-state index is 0.180. The van der Waals surface area contributed by atoms with Crippen molar-refractivity contribution < 1.29 is 19.1 Å². The molecule has 3 aromatic rings. The third kappa shape index (κ3) is 13.2. The first-order chi connectivity index (χ1) is 20.8. The van der Waals surface area contributed by atoms with Crippen molar-refractivity contribution >= 4 is 57.0 Å². The Morgan fingerprint density at radius 1 is 1.09 bits per heavy atom. The molecule has 3 rings (SSSR count). The van der Waals surface area contributed by atoms with E-state index in [1.54, 1.807) is 38.6 Å². The van der Waals surface area contributed by atoms with Gasteiger partial charge in [-0.3, -0.25) is 4.79 Å². The number of rotatable bonds is 10. The number of ether oxygens (including phenoxy) is 2. The van der Waals surface area contributed by atoms with Gasteiger partial charge in [0.05, 0.1) is 5.69 Å². The van der Waals surface area contributed by atoms with Crippen LogP contribution in [0.1, 0.15) is 64.9 Å². The Balaban J connectivity index is 0.00000182. The Morgan fingerprint density at radius 2 is 1.70 bits per heavy atom. The molecule has 2 N–H and O–H groups in total. The zero-order chi connectivity index (χ0) is 33.4. The summed E-state index contributed by atoms with van der Waals surface area (Å²) >= 11 is 11.6. The van der Waals surface area contributed by atoms with E-state index in [9.17, 15) is 9.59 Å². The molecule has 0 fully saturated rings. The van der Waals surface area contributed by atoms with E-state index in [2.05, 4.69) is 38.6 Å². The number of nitrogens with zero attached hydrogens (tertiary/aromatic N) is 2. The van der Waals surface area contributed by atoms with Crippen LogP contribution >= 0.6 is 39.3 Å². The van der Waals surface area contributed by atoms with Crippen LogP contribution in [0.15, 0.2) is 46.9 Å². The predicted octanol–water partition coefficient (Wildman–Crippen LogP) is 9.05. The van der Waals surface area contributed by atoms with Crippen LogP contribution in [0.25, 0.3) is 11.1 Å². The number of alkyl carbamates (subject to hydrolysis) is 1. The van der Waals surface area contributed by atoms with Crippen LogP contribution in [0, 0.1) is 13.8 Å². The predicted molar refractivity (Wildman–Crippen MR) is 189 cm³/mol. The van der Waals surface area contributed by atoms with Crippen molar-refractivity contribution in [2.75, 3.05) is 24.4 Å². The summed E-state index contributed by atoms with van der Waals surface area (Å²) < 4.78 is 13.7. The summed E-state index contributed by atoms with van der Waals surface area (Å²) in [6.07, 6.45) is 4.53. The molecule has 11 heteroatoms. The number of nitrogens with one attached hydrogen (secondary N) is 2. The molecule has 0 aliphatic rings. The maximum atomic E-state index is 13.3. The number of hydrogen-bond acceptors (Lipinski definition) is 6. The van der Waals surface area contributed by atoms with E-state index in [1.807, 2.05) is 81.3 Å². The van der Waals surface area contributed by atoms with Crippen molar-refractivity contribution in [1.82, 2.24) is 15.1 Å². The standard InChI is InChI=1S/C29H36BrClN4O4.C2H6S.C2H6/c1-7-14-38-17-35-19(3)26(18(2)34-35)20-8-11-23(12-9-20)32-27(36)25(33-28(37)39-29(4,5)6)16-21-15-22(30)10-13-24(21)31;1-3-2;1-2/h8-13,15,25H,7,14,16-17H2,1-6H3,(H,32,36)(H,33,37);1-2H3;1-2H3. The zero-order valence-electron chi connectivity index (χ0n) is 27.6. The third-order valence-electron chi connectivity index (χ3n) is 5.82. The topological polar surface area (TPSA) is 94.5 Å². The van der Waals surface area contributed by atoms with Crippen LogP contribution in [0.4, 0.5) is 10.5 Å². The molecule has 244 valence electrons. The number of thioether (sulfide) groups is 1. The first kappa shape index (κ1) is 39.5. The summed E-state index contributed by atoms with van der Waals surface area (Å²) in [5.41, 5.74) is 4.51. The highest BCUT2D eigenvalue weighted by molar-refractivity contribution is 9.10. The molecule has 0 aliphatic carbocycles. The molecule has 0 spiro atoms. The third-order valence-corrected chi connectivity index (χ3v) is 6.69. The summed E-state index contributed by atoms with van der Waals surface area (Å²) in [6.45, 7) is 16.4. The molecule has 0 aliphatic heterocycles. The molecule has 2 aromatic carbocycles. The Bertz CT molecular complexity index is 1330. The molecular weight excluding hydrogens is 664 g/mol. The monoisotopic (exact) mass is 710 g/mol. The van der Waals surface area contributed by atoms with Gasteiger partial charge in [0.15, 0.2) is 0 Å². The highest BCUT2D eigenvalue weighted by Gasteiger charge is 2.26. The number of carbonyl (C=O) groups excluding carboxylic acids is 2. The molecule has 1 heterocycles. The van der Waals surface area contributed by atoms with E-state index in [4.69, 9.17) is 21.1 Å².